The lowest BCUT2D eigenvalue weighted by Crippen LogP contribution is -2.43. The molecular weight excluding hydrogens is 162 g/mol. The first-order valence-electron chi connectivity index (χ1n) is 3.37. The number of rotatable bonds is 1. The summed E-state index contributed by atoms with van der Waals surface area (Å²) in [4.78, 5) is 9.86. The molecule has 0 aromatic carbocycles. The van der Waals surface area contributed by atoms with Crippen LogP contribution in [0.3, 0.4) is 0 Å². The molecule has 66 valence electrons. The highest BCUT2D eigenvalue weighted by Gasteiger charge is 2.29. The highest BCUT2D eigenvalue weighted by molar-refractivity contribution is 7.82. The molecule has 0 aliphatic heterocycles. The van der Waals surface area contributed by atoms with Crippen LogP contribution in [0.4, 0.5) is 0 Å². The van der Waals surface area contributed by atoms with Crippen molar-refractivity contribution < 1.29 is 9.53 Å². The van der Waals surface area contributed by atoms with Gasteiger partial charge in [-0.05, 0) is 27.7 Å². The van der Waals surface area contributed by atoms with Crippen molar-refractivity contribution in [2.24, 2.45) is 5.73 Å². The van der Waals surface area contributed by atoms with E-state index in [1.807, 2.05) is 0 Å². The highest BCUT2D eigenvalue weighted by atomic mass is 32.1. The van der Waals surface area contributed by atoms with E-state index in [4.69, 9.17) is 10.5 Å². The number of ether oxygens (including phenoxy) is 1. The summed E-state index contributed by atoms with van der Waals surface area (Å²) in [5.74, 6) is -0.506. The lowest BCUT2D eigenvalue weighted by Gasteiger charge is -2.24. The second kappa shape index (κ2) is 3.03. The lowest BCUT2D eigenvalue weighted by molar-refractivity contribution is -0.157. The van der Waals surface area contributed by atoms with E-state index < -0.39 is 16.4 Å². The molecule has 0 aromatic heterocycles. The first kappa shape index (κ1) is 10.8. The van der Waals surface area contributed by atoms with Gasteiger partial charge in [-0.15, -0.1) is 12.6 Å². The number of thiol groups is 1. The first-order valence-corrected chi connectivity index (χ1v) is 3.82. The highest BCUT2D eigenvalue weighted by Crippen LogP contribution is 2.14. The number of carbonyl (C=O) groups excluding carboxylic acids is 1. The number of hydrogen-bond acceptors (Lipinski definition) is 4. The van der Waals surface area contributed by atoms with Crippen LogP contribution in [0.2, 0.25) is 0 Å². The molecule has 0 saturated heterocycles. The van der Waals surface area contributed by atoms with Crippen LogP contribution < -0.4 is 5.73 Å². The normalized spacial score (nSPS) is 17.3. The molecule has 4 heteroatoms. The number of carbonyl (C=O) groups is 1. The van der Waals surface area contributed by atoms with E-state index in [1.165, 1.54) is 6.92 Å². The van der Waals surface area contributed by atoms with Crippen LogP contribution in [0, 0.1) is 0 Å². The molecule has 0 rings (SSSR count). The third kappa shape index (κ3) is 5.09. The zero-order valence-corrected chi connectivity index (χ0v) is 8.24. The quantitative estimate of drug-likeness (QED) is 0.356. The van der Waals surface area contributed by atoms with Gasteiger partial charge in [0.15, 0.2) is 4.87 Å². The van der Waals surface area contributed by atoms with Crippen molar-refractivity contribution in [1.29, 1.82) is 0 Å². The Kier molecular flexibility index (Phi) is 2.97. The van der Waals surface area contributed by atoms with Crippen LogP contribution in [0.1, 0.15) is 27.7 Å². The van der Waals surface area contributed by atoms with Gasteiger partial charge in [0.1, 0.15) is 5.60 Å². The molecule has 0 spiro atoms. The summed E-state index contributed by atoms with van der Waals surface area (Å²) in [5, 5.41) is 0. The van der Waals surface area contributed by atoms with Crippen molar-refractivity contribution in [2.75, 3.05) is 0 Å². The smallest absolute Gasteiger partial charge is 0.336 e. The third-order valence-corrected chi connectivity index (χ3v) is 0.995. The van der Waals surface area contributed by atoms with Gasteiger partial charge in [-0.25, -0.2) is 4.79 Å². The van der Waals surface area contributed by atoms with Crippen molar-refractivity contribution in [3.05, 3.63) is 0 Å². The zero-order chi connectivity index (χ0) is 9.28. The second-order valence-electron chi connectivity index (χ2n) is 3.65. The van der Waals surface area contributed by atoms with E-state index in [-0.39, 0.29) is 0 Å². The molecule has 1 atom stereocenters. The Morgan fingerprint density at radius 3 is 1.82 bits per heavy atom. The van der Waals surface area contributed by atoms with Crippen molar-refractivity contribution in [1.82, 2.24) is 0 Å². The molecule has 0 bridgehead atoms. The monoisotopic (exact) mass is 177 g/mol. The number of esters is 1. The third-order valence-electron chi connectivity index (χ3n) is 0.812. The summed E-state index contributed by atoms with van der Waals surface area (Å²) in [6, 6.07) is 0. The molecule has 0 aromatic rings. The molecule has 0 radical (unpaired) electrons. The summed E-state index contributed by atoms with van der Waals surface area (Å²) in [7, 11) is 0. The van der Waals surface area contributed by atoms with Gasteiger partial charge in [0.05, 0.1) is 0 Å². The molecule has 3 nitrogen and oxygen atoms in total. The summed E-state index contributed by atoms with van der Waals surface area (Å²) < 4.78 is 4.96. The van der Waals surface area contributed by atoms with Gasteiger partial charge in [-0.3, -0.25) is 0 Å². The second-order valence-corrected chi connectivity index (χ2v) is 4.58. The van der Waals surface area contributed by atoms with Gasteiger partial charge in [0.25, 0.3) is 0 Å². The lowest BCUT2D eigenvalue weighted by atomic mass is 10.2. The van der Waals surface area contributed by atoms with Gasteiger partial charge in [0, 0.05) is 0 Å². The van der Waals surface area contributed by atoms with E-state index >= 15 is 0 Å². The molecule has 0 saturated carbocycles. The van der Waals surface area contributed by atoms with Crippen LogP contribution in [0.25, 0.3) is 0 Å². The number of hydrogen-bond donors (Lipinski definition) is 2. The van der Waals surface area contributed by atoms with Gasteiger partial charge >= 0.3 is 5.97 Å². The Labute approximate surface area is 72.7 Å². The molecule has 0 aliphatic carbocycles. The molecule has 11 heavy (non-hydrogen) atoms. The maximum atomic E-state index is 11.1. The Morgan fingerprint density at radius 2 is 1.73 bits per heavy atom. The Bertz CT molecular complexity index is 155. The fourth-order valence-corrected chi connectivity index (χ4v) is 0.427. The zero-order valence-electron chi connectivity index (χ0n) is 7.34. The van der Waals surface area contributed by atoms with E-state index in [0.717, 1.165) is 0 Å². The average molecular weight is 177 g/mol. The minimum absolute atomic E-state index is 0.500. The van der Waals surface area contributed by atoms with Gasteiger partial charge in [-0.1, -0.05) is 0 Å². The van der Waals surface area contributed by atoms with Crippen molar-refractivity contribution in [3.8, 4) is 0 Å². The van der Waals surface area contributed by atoms with Gasteiger partial charge in [-0.2, -0.15) is 0 Å². The fourth-order valence-electron chi connectivity index (χ4n) is 0.381. The SMILES string of the molecule is CC(C)(C)OC(=O)C(C)(N)S. The van der Waals surface area contributed by atoms with Crippen molar-refractivity contribution in [2.45, 2.75) is 38.2 Å². The Hall–Kier alpha value is -0.220. The molecule has 0 heterocycles. The summed E-state index contributed by atoms with van der Waals surface area (Å²) >= 11 is 3.86. The topological polar surface area (TPSA) is 52.3 Å². The van der Waals surface area contributed by atoms with Crippen molar-refractivity contribution >= 4 is 18.6 Å². The van der Waals surface area contributed by atoms with Crippen LogP contribution in [0.15, 0.2) is 0 Å². The number of nitrogens with two attached hydrogens (primary N) is 1. The summed E-state index contributed by atoms with van der Waals surface area (Å²) in [5.41, 5.74) is 4.88. The Balaban J connectivity index is 4.11. The molecule has 0 aliphatic rings. The van der Waals surface area contributed by atoms with E-state index in [0.29, 0.717) is 0 Å². The summed E-state index contributed by atoms with van der Waals surface area (Å²) in [6.07, 6.45) is 0. The van der Waals surface area contributed by atoms with Crippen LogP contribution >= 0.6 is 12.6 Å². The molecule has 1 unspecified atom stereocenters. The predicted octanol–water partition coefficient (Wildman–Crippen LogP) is 0.933. The molecule has 0 fully saturated rings. The standard InChI is InChI=1S/C7H15NO2S/c1-6(2,3)10-5(9)7(4,8)11/h11H,8H2,1-4H3. The molecule has 2 N–H and O–H groups in total. The van der Waals surface area contributed by atoms with Crippen LogP contribution in [-0.2, 0) is 9.53 Å². The minimum atomic E-state index is -1.20. The molecular formula is C7H15NO2S. The van der Waals surface area contributed by atoms with Gasteiger partial charge < -0.3 is 10.5 Å². The first-order chi connectivity index (χ1) is 4.63. The summed E-state index contributed by atoms with van der Waals surface area (Å²) in [6.45, 7) is 6.84. The van der Waals surface area contributed by atoms with E-state index in [9.17, 15) is 4.79 Å². The minimum Gasteiger partial charge on any atom is -0.458 e. The average Bonchev–Trinajstić information content (AvgIpc) is 1.56. The van der Waals surface area contributed by atoms with Crippen LogP contribution in [0.5, 0.6) is 0 Å². The van der Waals surface area contributed by atoms with Crippen LogP contribution in [-0.4, -0.2) is 16.4 Å². The Morgan fingerprint density at radius 1 is 1.36 bits per heavy atom. The van der Waals surface area contributed by atoms with E-state index in [2.05, 4.69) is 12.6 Å². The largest absolute Gasteiger partial charge is 0.458 e. The fraction of sp³-hybridized carbons (Fsp3) is 0.857. The molecule has 0 amide bonds. The van der Waals surface area contributed by atoms with Gasteiger partial charge in [0.2, 0.25) is 0 Å². The van der Waals surface area contributed by atoms with E-state index in [1.54, 1.807) is 20.8 Å². The van der Waals surface area contributed by atoms with Crippen molar-refractivity contribution in [3.63, 3.8) is 0 Å². The predicted molar refractivity (Wildman–Crippen MR) is 47.4 cm³/mol. The maximum absolute atomic E-state index is 11.1. The maximum Gasteiger partial charge on any atom is 0.336 e.